The third-order valence-corrected chi connectivity index (χ3v) is 3.85. The minimum absolute atomic E-state index is 0.199. The predicted molar refractivity (Wildman–Crippen MR) is 98.7 cm³/mol. The Labute approximate surface area is 150 Å². The highest BCUT2D eigenvalue weighted by molar-refractivity contribution is 6.05. The van der Waals surface area contributed by atoms with Crippen molar-refractivity contribution in [3.05, 3.63) is 54.3 Å². The molecule has 1 unspecified atom stereocenters. The number of carbonyl (C=O) groups is 1. The Balaban J connectivity index is 1.74. The van der Waals surface area contributed by atoms with E-state index in [0.717, 1.165) is 5.39 Å². The molecule has 0 aliphatic rings. The van der Waals surface area contributed by atoms with Gasteiger partial charge in [-0.15, -0.1) is 0 Å². The molecule has 0 saturated carbocycles. The summed E-state index contributed by atoms with van der Waals surface area (Å²) in [5, 5.41) is 24.8. The Hall–Kier alpha value is -3.03. The SMILES string of the molecule is COc1cc(NCC(O)CO)ccc1NC(=O)c1cc2ccccc2o1. The zero-order valence-electron chi connectivity index (χ0n) is 14.2. The van der Waals surface area contributed by atoms with E-state index in [9.17, 15) is 9.90 Å². The van der Waals surface area contributed by atoms with Crippen LogP contribution in [0.3, 0.4) is 0 Å². The Bertz CT molecular complexity index is 873. The number of hydrogen-bond donors (Lipinski definition) is 4. The molecule has 0 bridgehead atoms. The van der Waals surface area contributed by atoms with Crippen molar-refractivity contribution in [3.8, 4) is 5.75 Å². The zero-order chi connectivity index (χ0) is 18.5. The van der Waals surface area contributed by atoms with E-state index in [-0.39, 0.29) is 24.8 Å². The summed E-state index contributed by atoms with van der Waals surface area (Å²) < 4.78 is 10.9. The molecule has 7 heteroatoms. The highest BCUT2D eigenvalue weighted by atomic mass is 16.5. The van der Waals surface area contributed by atoms with Gasteiger partial charge in [-0.05, 0) is 24.3 Å². The Morgan fingerprint density at radius 1 is 1.23 bits per heavy atom. The summed E-state index contributed by atoms with van der Waals surface area (Å²) in [6.07, 6.45) is -0.853. The van der Waals surface area contributed by atoms with E-state index in [0.29, 0.717) is 22.7 Å². The van der Waals surface area contributed by atoms with Gasteiger partial charge in [-0.3, -0.25) is 4.79 Å². The molecule has 3 aromatic rings. The van der Waals surface area contributed by atoms with Gasteiger partial charge in [0.25, 0.3) is 5.91 Å². The molecule has 2 aromatic carbocycles. The van der Waals surface area contributed by atoms with Gasteiger partial charge in [0.2, 0.25) is 0 Å². The molecule has 136 valence electrons. The van der Waals surface area contributed by atoms with Gasteiger partial charge in [0.05, 0.1) is 25.5 Å². The van der Waals surface area contributed by atoms with Crippen LogP contribution in [-0.2, 0) is 0 Å². The van der Waals surface area contributed by atoms with Crippen molar-refractivity contribution >= 4 is 28.3 Å². The van der Waals surface area contributed by atoms with E-state index < -0.39 is 6.10 Å². The van der Waals surface area contributed by atoms with Crippen molar-refractivity contribution in [2.75, 3.05) is 30.9 Å². The van der Waals surface area contributed by atoms with Gasteiger partial charge in [0.1, 0.15) is 11.3 Å². The normalized spacial score (nSPS) is 12.0. The first-order valence-electron chi connectivity index (χ1n) is 8.11. The standard InChI is InChI=1S/C19H20N2O5/c1-25-17-9-13(20-10-14(23)11-22)6-7-15(17)21-19(24)18-8-12-4-2-3-5-16(12)26-18/h2-9,14,20,22-23H,10-11H2,1H3,(H,21,24). The smallest absolute Gasteiger partial charge is 0.291 e. The van der Waals surface area contributed by atoms with Crippen molar-refractivity contribution in [1.29, 1.82) is 0 Å². The van der Waals surface area contributed by atoms with Crippen molar-refractivity contribution in [2.45, 2.75) is 6.10 Å². The van der Waals surface area contributed by atoms with E-state index in [2.05, 4.69) is 10.6 Å². The Kier molecular flexibility index (Phi) is 5.40. The first-order chi connectivity index (χ1) is 12.6. The average molecular weight is 356 g/mol. The lowest BCUT2D eigenvalue weighted by Gasteiger charge is -2.14. The third-order valence-electron chi connectivity index (χ3n) is 3.85. The van der Waals surface area contributed by atoms with Crippen molar-refractivity contribution < 1.29 is 24.2 Å². The van der Waals surface area contributed by atoms with Gasteiger partial charge >= 0.3 is 0 Å². The molecule has 1 amide bonds. The van der Waals surface area contributed by atoms with Gasteiger partial charge < -0.3 is 30.0 Å². The van der Waals surface area contributed by atoms with Crippen LogP contribution in [0.5, 0.6) is 5.75 Å². The Morgan fingerprint density at radius 2 is 2.04 bits per heavy atom. The highest BCUT2D eigenvalue weighted by Gasteiger charge is 2.15. The lowest BCUT2D eigenvalue weighted by Crippen LogP contribution is -2.22. The number of aliphatic hydroxyl groups is 2. The molecule has 0 saturated heterocycles. The molecule has 0 aliphatic heterocycles. The maximum atomic E-state index is 12.5. The number of benzene rings is 2. The fraction of sp³-hybridized carbons (Fsp3) is 0.211. The van der Waals surface area contributed by atoms with Crippen LogP contribution < -0.4 is 15.4 Å². The molecule has 3 rings (SSSR count). The molecule has 0 fully saturated rings. The molecular weight excluding hydrogens is 336 g/mol. The first-order valence-corrected chi connectivity index (χ1v) is 8.11. The lowest BCUT2D eigenvalue weighted by molar-refractivity contribution is 0.0998. The molecule has 1 aromatic heterocycles. The topological polar surface area (TPSA) is 104 Å². The third kappa shape index (κ3) is 3.96. The first kappa shape index (κ1) is 17.8. The molecule has 0 spiro atoms. The highest BCUT2D eigenvalue weighted by Crippen LogP contribution is 2.29. The molecule has 26 heavy (non-hydrogen) atoms. The molecule has 1 heterocycles. The molecule has 1 atom stereocenters. The summed E-state index contributed by atoms with van der Waals surface area (Å²) in [5.74, 6) is 0.287. The summed E-state index contributed by atoms with van der Waals surface area (Å²) in [4.78, 5) is 12.5. The number of ether oxygens (including phenoxy) is 1. The molecule has 7 nitrogen and oxygen atoms in total. The summed E-state index contributed by atoms with van der Waals surface area (Å²) >= 11 is 0. The number of nitrogens with one attached hydrogen (secondary N) is 2. The predicted octanol–water partition coefficient (Wildman–Crippen LogP) is 2.46. The van der Waals surface area contributed by atoms with Crippen molar-refractivity contribution in [3.63, 3.8) is 0 Å². The number of methoxy groups -OCH3 is 1. The number of anilines is 2. The minimum Gasteiger partial charge on any atom is -0.494 e. The zero-order valence-corrected chi connectivity index (χ0v) is 14.2. The van der Waals surface area contributed by atoms with Crippen LogP contribution in [0.4, 0.5) is 11.4 Å². The van der Waals surface area contributed by atoms with Crippen LogP contribution in [0, 0.1) is 0 Å². The van der Waals surface area contributed by atoms with E-state index in [1.807, 2.05) is 18.2 Å². The lowest BCUT2D eigenvalue weighted by atomic mass is 10.2. The van der Waals surface area contributed by atoms with Gasteiger partial charge in [-0.1, -0.05) is 18.2 Å². The Morgan fingerprint density at radius 3 is 2.77 bits per heavy atom. The molecule has 0 aliphatic carbocycles. The van der Waals surface area contributed by atoms with Crippen molar-refractivity contribution in [1.82, 2.24) is 0 Å². The van der Waals surface area contributed by atoms with E-state index >= 15 is 0 Å². The van der Waals surface area contributed by atoms with Gasteiger partial charge in [0, 0.05) is 23.7 Å². The quantitative estimate of drug-likeness (QED) is 0.518. The summed E-state index contributed by atoms with van der Waals surface area (Å²) in [6, 6.07) is 14.2. The molecule has 0 radical (unpaired) electrons. The van der Waals surface area contributed by atoms with Crippen LogP contribution in [0.2, 0.25) is 0 Å². The van der Waals surface area contributed by atoms with Crippen LogP contribution in [0.25, 0.3) is 11.0 Å². The number of furan rings is 1. The number of para-hydroxylation sites is 1. The summed E-state index contributed by atoms with van der Waals surface area (Å²) in [7, 11) is 1.50. The van der Waals surface area contributed by atoms with Crippen LogP contribution in [0.1, 0.15) is 10.6 Å². The van der Waals surface area contributed by atoms with E-state index in [4.69, 9.17) is 14.3 Å². The summed E-state index contributed by atoms with van der Waals surface area (Å²) in [5.41, 5.74) is 1.83. The number of carbonyl (C=O) groups excluding carboxylic acids is 1. The fourth-order valence-electron chi connectivity index (χ4n) is 2.48. The maximum absolute atomic E-state index is 12.5. The van der Waals surface area contributed by atoms with Gasteiger partial charge in [0.15, 0.2) is 5.76 Å². The number of aliphatic hydroxyl groups excluding tert-OH is 2. The monoisotopic (exact) mass is 356 g/mol. The van der Waals surface area contributed by atoms with Crippen LogP contribution >= 0.6 is 0 Å². The largest absolute Gasteiger partial charge is 0.494 e. The van der Waals surface area contributed by atoms with E-state index in [1.54, 1.807) is 30.3 Å². The van der Waals surface area contributed by atoms with Crippen LogP contribution in [0.15, 0.2) is 52.9 Å². The van der Waals surface area contributed by atoms with Crippen LogP contribution in [-0.4, -0.2) is 42.5 Å². The second-order valence-electron chi connectivity index (χ2n) is 5.73. The second-order valence-corrected chi connectivity index (χ2v) is 5.73. The second kappa shape index (κ2) is 7.90. The average Bonchev–Trinajstić information content (AvgIpc) is 3.11. The molecular formula is C19H20N2O5. The van der Waals surface area contributed by atoms with Gasteiger partial charge in [-0.2, -0.15) is 0 Å². The van der Waals surface area contributed by atoms with E-state index in [1.165, 1.54) is 7.11 Å². The minimum atomic E-state index is -0.853. The maximum Gasteiger partial charge on any atom is 0.291 e. The number of fused-ring (bicyclic) bond motifs is 1. The number of rotatable bonds is 7. The molecule has 4 N–H and O–H groups in total. The fourth-order valence-corrected chi connectivity index (χ4v) is 2.48. The number of hydrogen-bond acceptors (Lipinski definition) is 6. The van der Waals surface area contributed by atoms with Gasteiger partial charge in [-0.25, -0.2) is 0 Å². The summed E-state index contributed by atoms with van der Waals surface area (Å²) in [6.45, 7) is -0.125. The number of amides is 1. The van der Waals surface area contributed by atoms with Crippen molar-refractivity contribution in [2.24, 2.45) is 0 Å².